The molecule has 0 fully saturated rings. The molecule has 5 rings (SSSR count). The molecule has 160 valence electrons. The summed E-state index contributed by atoms with van der Waals surface area (Å²) in [5, 5.41) is 3.27. The molecule has 0 bridgehead atoms. The highest BCUT2D eigenvalue weighted by Gasteiger charge is 2.36. The Morgan fingerprint density at radius 1 is 0.906 bits per heavy atom. The van der Waals surface area contributed by atoms with E-state index in [0.29, 0.717) is 21.7 Å². The van der Waals surface area contributed by atoms with E-state index in [1.165, 1.54) is 5.56 Å². The second-order valence-corrected chi connectivity index (χ2v) is 10.6. The minimum absolute atomic E-state index is 0.268. The van der Waals surface area contributed by atoms with Gasteiger partial charge in [-0.1, -0.05) is 78.9 Å². The minimum Gasteiger partial charge on any atom is -0.461 e. The highest BCUT2D eigenvalue weighted by atomic mass is 31.2. The van der Waals surface area contributed by atoms with Gasteiger partial charge in [-0.2, -0.15) is 0 Å². The normalized spacial score (nSPS) is 13.2. The Morgan fingerprint density at radius 3 is 2.19 bits per heavy atom. The fraction of sp³-hybridized carbons (Fsp3) is 0.185. The fourth-order valence-electron chi connectivity index (χ4n) is 4.68. The maximum Gasteiger partial charge on any atom is 0.357 e. The van der Waals surface area contributed by atoms with Gasteiger partial charge in [0.25, 0.3) is 0 Å². The number of aromatic nitrogens is 1. The molecule has 0 amide bonds. The second kappa shape index (κ2) is 8.37. The van der Waals surface area contributed by atoms with Gasteiger partial charge in [-0.3, -0.25) is 0 Å². The van der Waals surface area contributed by atoms with Crippen molar-refractivity contribution in [3.63, 3.8) is 0 Å². The van der Waals surface area contributed by atoms with Crippen LogP contribution in [0.2, 0.25) is 0 Å². The Balaban J connectivity index is 1.91. The number of esters is 1. The zero-order chi connectivity index (χ0) is 22.1. The van der Waals surface area contributed by atoms with E-state index in [9.17, 15) is 4.79 Å². The van der Waals surface area contributed by atoms with E-state index in [4.69, 9.17) is 9.72 Å². The number of benzene rings is 3. The third-order valence-corrected chi connectivity index (χ3v) is 9.06. The first-order valence-electron chi connectivity index (χ1n) is 11.0. The van der Waals surface area contributed by atoms with Crippen molar-refractivity contribution in [1.29, 1.82) is 0 Å². The summed E-state index contributed by atoms with van der Waals surface area (Å²) in [6, 6.07) is 25.0. The van der Waals surface area contributed by atoms with E-state index < -0.39 is 13.1 Å². The number of carbonyl (C=O) groups is 1. The van der Waals surface area contributed by atoms with Crippen LogP contribution in [0.3, 0.4) is 0 Å². The first-order chi connectivity index (χ1) is 15.6. The summed E-state index contributed by atoms with van der Waals surface area (Å²) >= 11 is 0. The minimum atomic E-state index is -3.35. The second-order valence-electron chi connectivity index (χ2n) is 7.96. The van der Waals surface area contributed by atoms with E-state index in [1.807, 2.05) is 72.8 Å². The van der Waals surface area contributed by atoms with E-state index in [-0.39, 0.29) is 6.61 Å². The van der Waals surface area contributed by atoms with Crippen LogP contribution in [-0.4, -0.2) is 17.6 Å². The molecular formula is C27H24NO3P. The monoisotopic (exact) mass is 441 g/mol. The van der Waals surface area contributed by atoms with E-state index in [1.54, 1.807) is 6.92 Å². The van der Waals surface area contributed by atoms with Crippen molar-refractivity contribution in [2.45, 2.75) is 26.2 Å². The van der Waals surface area contributed by atoms with Gasteiger partial charge in [0.1, 0.15) is 5.44 Å². The summed E-state index contributed by atoms with van der Waals surface area (Å²) in [7, 11) is -3.35. The molecule has 3 aromatic carbocycles. The summed E-state index contributed by atoms with van der Waals surface area (Å²) in [4.78, 5) is 17.8. The lowest BCUT2D eigenvalue weighted by Gasteiger charge is -2.25. The number of ether oxygens (including phenoxy) is 1. The summed E-state index contributed by atoms with van der Waals surface area (Å²) in [5.74, 6) is -0.449. The van der Waals surface area contributed by atoms with Crippen molar-refractivity contribution in [2.75, 3.05) is 6.61 Å². The third-order valence-electron chi connectivity index (χ3n) is 6.08. The Kier molecular flexibility index (Phi) is 5.40. The first kappa shape index (κ1) is 20.7. The zero-order valence-corrected chi connectivity index (χ0v) is 18.8. The van der Waals surface area contributed by atoms with Gasteiger partial charge in [-0.05, 0) is 42.7 Å². The average molecular weight is 441 g/mol. The molecule has 0 aliphatic heterocycles. The molecule has 0 atom stereocenters. The van der Waals surface area contributed by atoms with Crippen LogP contribution >= 0.6 is 7.14 Å². The van der Waals surface area contributed by atoms with Crippen LogP contribution in [-0.2, 0) is 22.1 Å². The quantitative estimate of drug-likeness (QED) is 0.337. The zero-order valence-electron chi connectivity index (χ0n) is 18.0. The van der Waals surface area contributed by atoms with E-state index in [2.05, 4.69) is 6.07 Å². The molecule has 1 aliphatic rings. The summed E-state index contributed by atoms with van der Waals surface area (Å²) < 4.78 is 20.5. The molecule has 1 aromatic heterocycles. The smallest absolute Gasteiger partial charge is 0.357 e. The summed E-state index contributed by atoms with van der Waals surface area (Å²) in [6.07, 6.45) is 2.64. The SMILES string of the molecule is CCOC(=O)c1nc(P(=O)(c2ccccc2)c2ccccc2)c2cccc3c2c1CCC3. The number of aryl methyl sites for hydroxylation is 2. The number of carbonyl (C=O) groups excluding carboxylic acids is 1. The van der Waals surface area contributed by atoms with Crippen molar-refractivity contribution in [1.82, 2.24) is 4.98 Å². The number of rotatable bonds is 5. The molecular weight excluding hydrogens is 417 g/mol. The van der Waals surface area contributed by atoms with Crippen LogP contribution in [0.5, 0.6) is 0 Å². The first-order valence-corrected chi connectivity index (χ1v) is 12.7. The largest absolute Gasteiger partial charge is 0.461 e. The number of pyridine rings is 1. The molecule has 0 N–H and O–H groups in total. The molecule has 5 heteroatoms. The van der Waals surface area contributed by atoms with Gasteiger partial charge in [0.05, 0.1) is 6.61 Å². The van der Waals surface area contributed by atoms with Crippen LogP contribution in [0.1, 0.15) is 35.0 Å². The van der Waals surface area contributed by atoms with Crippen molar-refractivity contribution in [3.8, 4) is 0 Å². The lowest BCUT2D eigenvalue weighted by molar-refractivity contribution is 0.0518. The molecule has 4 aromatic rings. The molecule has 1 aliphatic carbocycles. The average Bonchev–Trinajstić information content (AvgIpc) is 2.85. The predicted molar refractivity (Wildman–Crippen MR) is 129 cm³/mol. The Bertz CT molecular complexity index is 1310. The number of hydrogen-bond acceptors (Lipinski definition) is 4. The Labute approximate surface area is 187 Å². The van der Waals surface area contributed by atoms with E-state index >= 15 is 4.57 Å². The summed E-state index contributed by atoms with van der Waals surface area (Å²) in [6.45, 7) is 2.06. The van der Waals surface area contributed by atoms with Crippen molar-refractivity contribution in [2.24, 2.45) is 0 Å². The molecule has 4 nitrogen and oxygen atoms in total. The maximum absolute atomic E-state index is 15.1. The Morgan fingerprint density at radius 2 is 1.56 bits per heavy atom. The van der Waals surface area contributed by atoms with Crippen molar-refractivity contribution >= 4 is 39.9 Å². The third kappa shape index (κ3) is 3.27. The van der Waals surface area contributed by atoms with Crippen molar-refractivity contribution < 1.29 is 14.1 Å². The van der Waals surface area contributed by atoms with Crippen LogP contribution in [0.4, 0.5) is 0 Å². The van der Waals surface area contributed by atoms with E-state index in [0.717, 1.165) is 35.6 Å². The van der Waals surface area contributed by atoms with Gasteiger partial charge in [0.15, 0.2) is 12.8 Å². The standard InChI is InChI=1S/C27H24NO3P/c1-2-31-27(29)25-22-17-9-11-19-12-10-18-23(24(19)22)26(28-25)32(30,20-13-5-3-6-14-20)21-15-7-4-8-16-21/h3-8,10,12-16,18H,2,9,11,17H2,1H3. The molecule has 1 heterocycles. The highest BCUT2D eigenvalue weighted by molar-refractivity contribution is 7.85. The van der Waals surface area contributed by atoms with Gasteiger partial charge in [0, 0.05) is 16.0 Å². The van der Waals surface area contributed by atoms with Crippen LogP contribution in [0.15, 0.2) is 78.9 Å². The van der Waals surface area contributed by atoms with Crippen LogP contribution in [0, 0.1) is 0 Å². The molecule has 0 spiro atoms. The molecule has 0 saturated heterocycles. The van der Waals surface area contributed by atoms with Gasteiger partial charge < -0.3 is 9.30 Å². The fourth-order valence-corrected chi connectivity index (χ4v) is 7.42. The van der Waals surface area contributed by atoms with Gasteiger partial charge in [-0.25, -0.2) is 9.78 Å². The predicted octanol–water partition coefficient (Wildman–Crippen LogP) is 4.54. The highest BCUT2D eigenvalue weighted by Crippen LogP contribution is 2.45. The lowest BCUT2D eigenvalue weighted by atomic mass is 9.88. The lowest BCUT2D eigenvalue weighted by Crippen LogP contribution is -2.30. The topological polar surface area (TPSA) is 56.3 Å². The number of hydrogen-bond donors (Lipinski definition) is 0. The van der Waals surface area contributed by atoms with Gasteiger partial charge in [0.2, 0.25) is 0 Å². The van der Waals surface area contributed by atoms with Crippen LogP contribution in [0.25, 0.3) is 10.8 Å². The molecule has 0 radical (unpaired) electrons. The molecule has 0 unspecified atom stereocenters. The van der Waals surface area contributed by atoms with Crippen molar-refractivity contribution in [3.05, 3.63) is 95.7 Å². The van der Waals surface area contributed by atoms with Gasteiger partial charge in [-0.15, -0.1) is 0 Å². The van der Waals surface area contributed by atoms with Gasteiger partial charge >= 0.3 is 5.97 Å². The number of nitrogens with zero attached hydrogens (tertiary/aromatic N) is 1. The maximum atomic E-state index is 15.1. The molecule has 32 heavy (non-hydrogen) atoms. The molecule has 0 saturated carbocycles. The summed E-state index contributed by atoms with van der Waals surface area (Å²) in [5.41, 5.74) is 2.84. The Hall–Kier alpha value is -3.23. The van der Waals surface area contributed by atoms with Crippen LogP contribution < -0.4 is 16.0 Å².